The van der Waals surface area contributed by atoms with Crippen LogP contribution in [0.25, 0.3) is 16.5 Å². The Bertz CT molecular complexity index is 1420. The van der Waals surface area contributed by atoms with Gasteiger partial charge in [-0.3, -0.25) is 14.5 Å². The summed E-state index contributed by atoms with van der Waals surface area (Å²) in [5, 5.41) is 8.47. The Labute approximate surface area is 197 Å². The molecule has 3 aromatic heterocycles. The highest BCUT2D eigenvalue weighted by atomic mass is 16.1. The van der Waals surface area contributed by atoms with E-state index in [0.29, 0.717) is 17.3 Å². The number of likely N-dealkylation sites (tertiary alicyclic amines) is 1. The molecule has 8 heteroatoms. The van der Waals surface area contributed by atoms with E-state index in [4.69, 9.17) is 0 Å². The fourth-order valence-corrected chi connectivity index (χ4v) is 4.81. The van der Waals surface area contributed by atoms with E-state index < -0.39 is 0 Å². The van der Waals surface area contributed by atoms with E-state index in [9.17, 15) is 4.79 Å². The highest BCUT2D eigenvalue weighted by molar-refractivity contribution is 6.05. The van der Waals surface area contributed by atoms with Gasteiger partial charge >= 0.3 is 0 Å². The van der Waals surface area contributed by atoms with Crippen molar-refractivity contribution in [2.45, 2.75) is 25.3 Å². The molecule has 0 bridgehead atoms. The molecule has 1 fully saturated rings. The van der Waals surface area contributed by atoms with Gasteiger partial charge in [-0.1, -0.05) is 12.1 Å². The van der Waals surface area contributed by atoms with Crippen molar-refractivity contribution in [1.29, 1.82) is 0 Å². The number of rotatable bonds is 4. The van der Waals surface area contributed by atoms with Crippen LogP contribution >= 0.6 is 0 Å². The molecule has 1 aromatic carbocycles. The minimum absolute atomic E-state index is 0.184. The van der Waals surface area contributed by atoms with Gasteiger partial charge in [0.05, 0.1) is 34.7 Å². The summed E-state index contributed by atoms with van der Waals surface area (Å²) in [7, 11) is 2.14. The molecular weight excluding hydrogens is 426 g/mol. The smallest absolute Gasteiger partial charge is 0.257 e. The molecule has 0 spiro atoms. The Morgan fingerprint density at radius 3 is 2.85 bits per heavy atom. The lowest BCUT2D eigenvalue weighted by molar-refractivity contribution is 0.102. The summed E-state index contributed by atoms with van der Waals surface area (Å²) in [5.74, 6) is -0.184. The van der Waals surface area contributed by atoms with Crippen LogP contribution in [0.4, 0.5) is 5.69 Å². The summed E-state index contributed by atoms with van der Waals surface area (Å²) in [6.45, 7) is 2.13. The average Bonchev–Trinajstić information content (AvgIpc) is 3.51. The molecule has 34 heavy (non-hydrogen) atoms. The molecule has 2 aliphatic rings. The number of piperidine rings is 1. The van der Waals surface area contributed by atoms with Gasteiger partial charge in [0, 0.05) is 36.0 Å². The fraction of sp³-hybridized carbons (Fsp3) is 0.269. The lowest BCUT2D eigenvalue weighted by Gasteiger charge is -2.28. The number of carbonyl (C=O) groups is 1. The van der Waals surface area contributed by atoms with Gasteiger partial charge in [-0.05, 0) is 62.3 Å². The summed E-state index contributed by atoms with van der Waals surface area (Å²) in [4.78, 5) is 28.4. The summed E-state index contributed by atoms with van der Waals surface area (Å²) in [6.07, 6.45) is 13.7. The van der Waals surface area contributed by atoms with Crippen LogP contribution in [0.15, 0.2) is 61.5 Å². The summed E-state index contributed by atoms with van der Waals surface area (Å²) in [6, 6.07) is 8.45. The maximum Gasteiger partial charge on any atom is 0.257 e. The van der Waals surface area contributed by atoms with Crippen molar-refractivity contribution in [3.63, 3.8) is 0 Å². The van der Waals surface area contributed by atoms with Crippen LogP contribution in [-0.4, -0.2) is 55.7 Å². The number of hydrogen-bond donors (Lipinski definition) is 1. The predicted octanol–water partition coefficient (Wildman–Crippen LogP) is 3.73. The van der Waals surface area contributed by atoms with Gasteiger partial charge in [0.15, 0.2) is 0 Å². The van der Waals surface area contributed by atoms with Crippen LogP contribution in [0.3, 0.4) is 0 Å². The molecule has 1 aliphatic heterocycles. The zero-order chi connectivity index (χ0) is 23.1. The van der Waals surface area contributed by atoms with E-state index in [1.807, 2.05) is 29.2 Å². The molecule has 0 unspecified atom stereocenters. The van der Waals surface area contributed by atoms with E-state index >= 15 is 0 Å². The predicted molar refractivity (Wildman–Crippen MR) is 131 cm³/mol. The second-order valence-corrected chi connectivity index (χ2v) is 9.03. The van der Waals surface area contributed by atoms with E-state index in [-0.39, 0.29) is 5.91 Å². The zero-order valence-electron chi connectivity index (χ0n) is 19.0. The highest BCUT2D eigenvalue weighted by Gasteiger charge is 2.21. The van der Waals surface area contributed by atoms with Gasteiger partial charge in [0.1, 0.15) is 6.33 Å². The van der Waals surface area contributed by atoms with Crippen LogP contribution in [0, 0.1) is 0 Å². The topological polar surface area (TPSA) is 88.8 Å². The van der Waals surface area contributed by atoms with E-state index in [2.05, 4.69) is 55.5 Å². The largest absolute Gasteiger partial charge is 0.319 e. The van der Waals surface area contributed by atoms with Gasteiger partial charge in [-0.25, -0.2) is 9.97 Å². The number of amides is 1. The van der Waals surface area contributed by atoms with Crippen molar-refractivity contribution in [3.05, 3.63) is 83.8 Å². The van der Waals surface area contributed by atoms with Gasteiger partial charge in [0.25, 0.3) is 5.91 Å². The number of nitrogens with zero attached hydrogens (tertiary/aromatic N) is 6. The van der Waals surface area contributed by atoms with Crippen molar-refractivity contribution < 1.29 is 4.79 Å². The third kappa shape index (κ3) is 3.86. The van der Waals surface area contributed by atoms with Gasteiger partial charge in [-0.2, -0.15) is 5.10 Å². The van der Waals surface area contributed by atoms with Crippen molar-refractivity contribution >= 4 is 28.1 Å². The quantitative estimate of drug-likeness (QED) is 0.509. The van der Waals surface area contributed by atoms with Gasteiger partial charge in [-0.15, -0.1) is 0 Å². The molecule has 1 saturated heterocycles. The van der Waals surface area contributed by atoms with Crippen molar-refractivity contribution in [3.8, 4) is 0 Å². The highest BCUT2D eigenvalue weighted by Crippen LogP contribution is 2.33. The number of allylic oxidation sites excluding steroid dienone is 1. The molecule has 0 radical (unpaired) electrons. The normalized spacial score (nSPS) is 16.4. The zero-order valence-corrected chi connectivity index (χ0v) is 19.0. The maximum atomic E-state index is 13.0. The number of fused-ring (bicyclic) bond motifs is 2. The third-order valence-electron chi connectivity index (χ3n) is 6.76. The number of carbonyl (C=O) groups excluding carboxylic acids is 1. The molecule has 0 saturated carbocycles. The molecule has 6 rings (SSSR count). The molecule has 1 aliphatic carbocycles. The minimum Gasteiger partial charge on any atom is -0.319 e. The molecular formula is C26H25N7O. The molecule has 0 atom stereocenters. The molecule has 1 amide bonds. The lowest BCUT2D eigenvalue weighted by atomic mass is 9.98. The number of aromatic nitrogens is 5. The SMILES string of the molecule is CN1CCC(n2cc(NC(=O)c3cnc4c(c3)C(c3ccc5ncncc5c3)=CC4)cn2)CC1. The Hall–Kier alpha value is -3.91. The number of benzene rings is 1. The second-order valence-electron chi connectivity index (χ2n) is 9.03. The second kappa shape index (κ2) is 8.46. The molecule has 8 nitrogen and oxygen atoms in total. The molecule has 4 heterocycles. The molecule has 170 valence electrons. The van der Waals surface area contributed by atoms with Crippen LogP contribution < -0.4 is 5.32 Å². The van der Waals surface area contributed by atoms with Gasteiger partial charge in [0.2, 0.25) is 0 Å². The minimum atomic E-state index is -0.184. The van der Waals surface area contributed by atoms with E-state index in [0.717, 1.165) is 65.6 Å². The molecule has 4 aromatic rings. The van der Waals surface area contributed by atoms with Crippen LogP contribution in [0.2, 0.25) is 0 Å². The van der Waals surface area contributed by atoms with Gasteiger partial charge < -0.3 is 10.2 Å². The Kier molecular flexibility index (Phi) is 5.15. The van der Waals surface area contributed by atoms with E-state index in [1.54, 1.807) is 18.7 Å². The third-order valence-corrected chi connectivity index (χ3v) is 6.76. The Morgan fingerprint density at radius 1 is 1.09 bits per heavy atom. The Balaban J connectivity index is 1.21. The number of pyridine rings is 1. The maximum absolute atomic E-state index is 13.0. The lowest BCUT2D eigenvalue weighted by Crippen LogP contribution is -2.31. The van der Waals surface area contributed by atoms with Crippen LogP contribution in [-0.2, 0) is 6.42 Å². The number of anilines is 1. The monoisotopic (exact) mass is 451 g/mol. The standard InChI is InChI=1S/C26H25N7O/c1-32-8-6-21(7-9-32)33-15-20(14-30-33)31-26(34)19-11-23-22(3-5-25(23)28-13-19)17-2-4-24-18(10-17)12-27-16-29-24/h2-4,10-16,21H,5-9H2,1H3,(H,31,34). The first-order valence-corrected chi connectivity index (χ1v) is 11.6. The van der Waals surface area contributed by atoms with Crippen LogP contribution in [0.1, 0.15) is 46.1 Å². The fourth-order valence-electron chi connectivity index (χ4n) is 4.81. The summed E-state index contributed by atoms with van der Waals surface area (Å²) in [5.41, 5.74) is 6.26. The molecule has 1 N–H and O–H groups in total. The summed E-state index contributed by atoms with van der Waals surface area (Å²) < 4.78 is 1.98. The van der Waals surface area contributed by atoms with Crippen molar-refractivity contribution in [1.82, 2.24) is 29.6 Å². The van der Waals surface area contributed by atoms with Crippen molar-refractivity contribution in [2.24, 2.45) is 0 Å². The summed E-state index contributed by atoms with van der Waals surface area (Å²) >= 11 is 0. The number of nitrogens with one attached hydrogen (secondary N) is 1. The van der Waals surface area contributed by atoms with Crippen molar-refractivity contribution in [2.75, 3.05) is 25.5 Å². The van der Waals surface area contributed by atoms with Crippen LogP contribution in [0.5, 0.6) is 0 Å². The Morgan fingerprint density at radius 2 is 1.97 bits per heavy atom. The van der Waals surface area contributed by atoms with E-state index in [1.165, 1.54) is 0 Å². The number of hydrogen-bond acceptors (Lipinski definition) is 6. The first-order chi connectivity index (χ1) is 16.6. The first-order valence-electron chi connectivity index (χ1n) is 11.6. The average molecular weight is 452 g/mol. The first kappa shape index (κ1) is 20.7.